The minimum absolute atomic E-state index is 0.264. The highest BCUT2D eigenvalue weighted by atomic mass is 16.6. The lowest BCUT2D eigenvalue weighted by Crippen LogP contribution is -2.41. The van der Waals surface area contributed by atoms with Crippen molar-refractivity contribution in [1.29, 1.82) is 0 Å². The number of alkyl carbamates (subject to hydrolysis) is 2. The van der Waals surface area contributed by atoms with Crippen molar-refractivity contribution in [2.45, 2.75) is 52.7 Å². The number of rotatable bonds is 7. The van der Waals surface area contributed by atoms with Crippen molar-refractivity contribution in [3.05, 3.63) is 0 Å². The van der Waals surface area contributed by atoms with Crippen LogP contribution in [0.4, 0.5) is 9.59 Å². The standard InChI is InChI=1S/C15H29N3O5/c1-14(2,3)22-12(20)16-7-9-18(11-19)10-8-17-13(21)23-15(4,5)6/h11H,7-10H2,1-6H3,(H,16,20)(H,17,21). The molecule has 8 nitrogen and oxygen atoms in total. The zero-order chi connectivity index (χ0) is 18.1. The zero-order valence-corrected chi connectivity index (χ0v) is 14.9. The topological polar surface area (TPSA) is 97.0 Å². The highest BCUT2D eigenvalue weighted by molar-refractivity contribution is 5.68. The maximum atomic E-state index is 11.5. The monoisotopic (exact) mass is 331 g/mol. The Labute approximate surface area is 137 Å². The van der Waals surface area contributed by atoms with Crippen LogP contribution < -0.4 is 10.6 Å². The average Bonchev–Trinajstić information content (AvgIpc) is 2.32. The molecule has 0 aromatic carbocycles. The first-order valence-electron chi connectivity index (χ1n) is 7.56. The normalized spacial score (nSPS) is 11.4. The summed E-state index contributed by atoms with van der Waals surface area (Å²) < 4.78 is 10.2. The Morgan fingerprint density at radius 2 is 1.22 bits per heavy atom. The molecule has 0 rings (SSSR count). The van der Waals surface area contributed by atoms with Gasteiger partial charge in [0, 0.05) is 26.2 Å². The predicted octanol–water partition coefficient (Wildman–Crippen LogP) is 1.49. The number of nitrogens with zero attached hydrogens (tertiary/aromatic N) is 1. The predicted molar refractivity (Wildman–Crippen MR) is 86.1 cm³/mol. The summed E-state index contributed by atoms with van der Waals surface area (Å²) in [5.74, 6) is 0. The van der Waals surface area contributed by atoms with E-state index >= 15 is 0 Å². The van der Waals surface area contributed by atoms with Gasteiger partial charge in [0.2, 0.25) is 6.41 Å². The Bertz CT molecular complexity index is 365. The molecule has 0 saturated heterocycles. The molecule has 0 bridgehead atoms. The molecule has 0 heterocycles. The van der Waals surface area contributed by atoms with Crippen LogP contribution in [0.25, 0.3) is 0 Å². The Kier molecular flexibility index (Phi) is 8.42. The zero-order valence-electron chi connectivity index (χ0n) is 14.9. The van der Waals surface area contributed by atoms with E-state index < -0.39 is 23.4 Å². The largest absolute Gasteiger partial charge is 0.444 e. The van der Waals surface area contributed by atoms with Gasteiger partial charge in [-0.15, -0.1) is 0 Å². The SMILES string of the molecule is CC(C)(C)OC(=O)NCCN(C=O)CCNC(=O)OC(C)(C)C. The van der Waals surface area contributed by atoms with Crippen molar-refractivity contribution in [1.82, 2.24) is 15.5 Å². The molecule has 0 unspecified atom stereocenters. The van der Waals surface area contributed by atoms with E-state index in [-0.39, 0.29) is 13.1 Å². The van der Waals surface area contributed by atoms with Crippen LogP contribution in [-0.4, -0.2) is 60.9 Å². The smallest absolute Gasteiger partial charge is 0.407 e. The number of carbonyl (C=O) groups excluding carboxylic acids is 3. The van der Waals surface area contributed by atoms with E-state index in [1.165, 1.54) is 4.90 Å². The number of carbonyl (C=O) groups is 3. The first-order chi connectivity index (χ1) is 10.4. The van der Waals surface area contributed by atoms with E-state index in [0.29, 0.717) is 19.5 Å². The van der Waals surface area contributed by atoms with Crippen molar-refractivity contribution in [2.75, 3.05) is 26.2 Å². The lowest BCUT2D eigenvalue weighted by Gasteiger charge is -2.22. The van der Waals surface area contributed by atoms with Crippen LogP contribution in [0, 0.1) is 0 Å². The van der Waals surface area contributed by atoms with Gasteiger partial charge >= 0.3 is 12.2 Å². The number of hydrogen-bond acceptors (Lipinski definition) is 5. The summed E-state index contributed by atoms with van der Waals surface area (Å²) >= 11 is 0. The molecular weight excluding hydrogens is 302 g/mol. The lowest BCUT2D eigenvalue weighted by molar-refractivity contribution is -0.118. The molecule has 0 aliphatic heterocycles. The molecule has 23 heavy (non-hydrogen) atoms. The summed E-state index contributed by atoms with van der Waals surface area (Å²) in [5.41, 5.74) is -1.13. The molecular formula is C15H29N3O5. The maximum absolute atomic E-state index is 11.5. The van der Waals surface area contributed by atoms with E-state index in [9.17, 15) is 14.4 Å². The van der Waals surface area contributed by atoms with Gasteiger partial charge in [0.25, 0.3) is 0 Å². The first-order valence-corrected chi connectivity index (χ1v) is 7.56. The van der Waals surface area contributed by atoms with E-state index in [1.54, 1.807) is 41.5 Å². The van der Waals surface area contributed by atoms with Crippen LogP contribution >= 0.6 is 0 Å². The van der Waals surface area contributed by atoms with E-state index in [2.05, 4.69) is 10.6 Å². The minimum atomic E-state index is -0.564. The molecule has 0 atom stereocenters. The van der Waals surface area contributed by atoms with Gasteiger partial charge in [-0.3, -0.25) is 4.79 Å². The molecule has 0 aromatic rings. The van der Waals surface area contributed by atoms with Crippen molar-refractivity contribution in [3.8, 4) is 0 Å². The summed E-state index contributed by atoms with van der Waals surface area (Å²) in [6.45, 7) is 11.8. The van der Waals surface area contributed by atoms with Crippen LogP contribution in [-0.2, 0) is 14.3 Å². The van der Waals surface area contributed by atoms with E-state index in [1.807, 2.05) is 0 Å². The van der Waals surface area contributed by atoms with Gasteiger partial charge < -0.3 is 25.0 Å². The second kappa shape index (κ2) is 9.22. The first kappa shape index (κ1) is 21.0. The highest BCUT2D eigenvalue weighted by Gasteiger charge is 2.17. The maximum Gasteiger partial charge on any atom is 0.407 e. The van der Waals surface area contributed by atoms with Crippen molar-refractivity contribution >= 4 is 18.6 Å². The van der Waals surface area contributed by atoms with Crippen molar-refractivity contribution < 1.29 is 23.9 Å². The van der Waals surface area contributed by atoms with Gasteiger partial charge in [0.1, 0.15) is 11.2 Å². The third-order valence-electron chi connectivity index (χ3n) is 2.28. The summed E-state index contributed by atoms with van der Waals surface area (Å²) in [4.78, 5) is 35.3. The fourth-order valence-corrected chi connectivity index (χ4v) is 1.45. The van der Waals surface area contributed by atoms with Crippen LogP contribution in [0.5, 0.6) is 0 Å². The Balaban J connectivity index is 3.93. The summed E-state index contributed by atoms with van der Waals surface area (Å²) in [7, 11) is 0. The third kappa shape index (κ3) is 13.4. The quantitative estimate of drug-likeness (QED) is 0.689. The lowest BCUT2D eigenvalue weighted by atomic mass is 10.2. The van der Waals surface area contributed by atoms with Gasteiger partial charge in [0.05, 0.1) is 0 Å². The van der Waals surface area contributed by atoms with Gasteiger partial charge in [-0.05, 0) is 41.5 Å². The second-order valence-electron chi connectivity index (χ2n) is 7.00. The third-order valence-corrected chi connectivity index (χ3v) is 2.28. The molecule has 8 heteroatoms. The summed E-state index contributed by atoms with van der Waals surface area (Å²) in [5, 5.41) is 5.12. The van der Waals surface area contributed by atoms with Crippen LogP contribution in [0.1, 0.15) is 41.5 Å². The van der Waals surface area contributed by atoms with Gasteiger partial charge in [-0.1, -0.05) is 0 Å². The fourth-order valence-electron chi connectivity index (χ4n) is 1.45. The minimum Gasteiger partial charge on any atom is -0.444 e. The van der Waals surface area contributed by atoms with E-state index in [4.69, 9.17) is 9.47 Å². The molecule has 0 fully saturated rings. The van der Waals surface area contributed by atoms with Crippen molar-refractivity contribution in [2.24, 2.45) is 0 Å². The Morgan fingerprint density at radius 3 is 1.48 bits per heavy atom. The molecule has 3 amide bonds. The average molecular weight is 331 g/mol. The van der Waals surface area contributed by atoms with Crippen LogP contribution in [0.15, 0.2) is 0 Å². The molecule has 0 radical (unpaired) electrons. The highest BCUT2D eigenvalue weighted by Crippen LogP contribution is 2.06. The van der Waals surface area contributed by atoms with Gasteiger partial charge in [-0.2, -0.15) is 0 Å². The molecule has 134 valence electrons. The molecule has 0 saturated carbocycles. The molecule has 0 aliphatic rings. The summed E-state index contributed by atoms with van der Waals surface area (Å²) in [6, 6.07) is 0. The Morgan fingerprint density at radius 1 is 0.870 bits per heavy atom. The second-order valence-corrected chi connectivity index (χ2v) is 7.00. The number of ether oxygens (including phenoxy) is 2. The van der Waals surface area contributed by atoms with Gasteiger partial charge in [0.15, 0.2) is 0 Å². The fraction of sp³-hybridized carbons (Fsp3) is 0.800. The number of amides is 3. The van der Waals surface area contributed by atoms with E-state index in [0.717, 1.165) is 0 Å². The van der Waals surface area contributed by atoms with Crippen molar-refractivity contribution in [3.63, 3.8) is 0 Å². The van der Waals surface area contributed by atoms with Crippen LogP contribution in [0.3, 0.4) is 0 Å². The van der Waals surface area contributed by atoms with Gasteiger partial charge in [-0.25, -0.2) is 9.59 Å². The molecule has 0 aliphatic carbocycles. The van der Waals surface area contributed by atoms with Crippen LogP contribution in [0.2, 0.25) is 0 Å². The summed E-state index contributed by atoms with van der Waals surface area (Å²) in [6.07, 6.45) is -0.404. The molecule has 0 spiro atoms. The number of hydrogen-bond donors (Lipinski definition) is 2. The molecule has 0 aromatic heterocycles. The Hall–Kier alpha value is -1.99. The number of nitrogens with one attached hydrogen (secondary N) is 2. The molecule has 2 N–H and O–H groups in total.